The first-order valence-electron chi connectivity index (χ1n) is 9.97. The molecule has 0 fully saturated rings. The van der Waals surface area contributed by atoms with Gasteiger partial charge in [0, 0.05) is 33.9 Å². The van der Waals surface area contributed by atoms with Gasteiger partial charge in [-0.1, -0.05) is 58.5 Å². The van der Waals surface area contributed by atoms with Gasteiger partial charge in [0.05, 0.1) is 15.7 Å². The summed E-state index contributed by atoms with van der Waals surface area (Å²) in [5, 5.41) is 15.7. The van der Waals surface area contributed by atoms with E-state index < -0.39 is 6.03 Å². The Morgan fingerprint density at radius 2 is 1.38 bits per heavy atom. The summed E-state index contributed by atoms with van der Waals surface area (Å²) >= 11 is 24.6. The Morgan fingerprint density at radius 1 is 0.794 bits per heavy atom. The summed E-state index contributed by atoms with van der Waals surface area (Å²) in [5.74, 6) is 1.29. The SMILES string of the molecule is Cn1c(/C=C/c2c(Cl)cccc2Cl)nnc1-c1ccc(NC(=O)Nc2c(Cl)cccc2Cl)cc1. The summed E-state index contributed by atoms with van der Waals surface area (Å²) < 4.78 is 1.84. The standard InChI is InChI=1S/C24H17Cl4N5O/c1-33-21(13-12-16-17(25)4-2-5-18(16)26)31-32-23(33)14-8-10-15(11-9-14)29-24(34)30-22-19(27)6-3-7-20(22)28/h2-13H,1H3,(H2,29,30,34)/b13-12+. The average molecular weight is 533 g/mol. The molecule has 0 saturated heterocycles. The first-order valence-corrected chi connectivity index (χ1v) is 11.5. The third-order valence-corrected chi connectivity index (χ3v) is 6.20. The molecule has 0 aliphatic heterocycles. The molecule has 1 aromatic heterocycles. The lowest BCUT2D eigenvalue weighted by Crippen LogP contribution is -2.19. The quantitative estimate of drug-likeness (QED) is 0.274. The normalized spacial score (nSPS) is 11.1. The van der Waals surface area contributed by atoms with Crippen molar-refractivity contribution in [1.82, 2.24) is 14.8 Å². The van der Waals surface area contributed by atoms with Crippen LogP contribution in [0, 0.1) is 0 Å². The molecule has 10 heteroatoms. The van der Waals surface area contributed by atoms with E-state index in [0.717, 1.165) is 5.56 Å². The molecule has 0 spiro atoms. The molecule has 0 atom stereocenters. The van der Waals surface area contributed by atoms with Gasteiger partial charge in [-0.05, 0) is 60.7 Å². The maximum atomic E-state index is 12.3. The van der Waals surface area contributed by atoms with Crippen LogP contribution in [0.15, 0.2) is 60.7 Å². The highest BCUT2D eigenvalue weighted by molar-refractivity contribution is 6.40. The van der Waals surface area contributed by atoms with Gasteiger partial charge in [0.2, 0.25) is 0 Å². The van der Waals surface area contributed by atoms with Gasteiger partial charge in [-0.25, -0.2) is 4.79 Å². The molecule has 1 heterocycles. The second-order valence-corrected chi connectivity index (χ2v) is 8.79. The third-order valence-electron chi connectivity index (χ3n) is 4.91. The van der Waals surface area contributed by atoms with Crippen LogP contribution in [0.4, 0.5) is 16.2 Å². The second kappa shape index (κ2) is 10.5. The van der Waals surface area contributed by atoms with Gasteiger partial charge >= 0.3 is 6.03 Å². The Bertz CT molecular complexity index is 1340. The lowest BCUT2D eigenvalue weighted by atomic mass is 10.2. The van der Waals surface area contributed by atoms with E-state index in [9.17, 15) is 4.79 Å². The molecule has 0 aliphatic carbocycles. The first-order chi connectivity index (χ1) is 16.3. The van der Waals surface area contributed by atoms with E-state index in [1.807, 2.05) is 23.7 Å². The first kappa shape index (κ1) is 24.1. The van der Waals surface area contributed by atoms with Crippen LogP contribution in [0.3, 0.4) is 0 Å². The number of nitrogens with zero attached hydrogens (tertiary/aromatic N) is 3. The lowest BCUT2D eigenvalue weighted by Gasteiger charge is -2.11. The van der Waals surface area contributed by atoms with Gasteiger partial charge in [-0.2, -0.15) is 0 Å². The molecule has 2 N–H and O–H groups in total. The molecule has 0 saturated carbocycles. The van der Waals surface area contributed by atoms with Crippen LogP contribution in [0.2, 0.25) is 20.1 Å². The highest BCUT2D eigenvalue weighted by Gasteiger charge is 2.12. The molecular weight excluding hydrogens is 516 g/mol. The Balaban J connectivity index is 1.47. The monoisotopic (exact) mass is 531 g/mol. The minimum absolute atomic E-state index is 0.345. The van der Waals surface area contributed by atoms with Crippen molar-refractivity contribution >= 4 is 76.0 Å². The topological polar surface area (TPSA) is 71.8 Å². The Hall–Kier alpha value is -3.03. The summed E-state index contributed by atoms with van der Waals surface area (Å²) in [4.78, 5) is 12.3. The van der Waals surface area contributed by atoms with E-state index in [-0.39, 0.29) is 0 Å². The van der Waals surface area contributed by atoms with Crippen molar-refractivity contribution in [2.24, 2.45) is 7.05 Å². The number of para-hydroxylation sites is 1. The number of halogens is 4. The molecule has 0 aliphatic rings. The fourth-order valence-corrected chi connectivity index (χ4v) is 4.18. The lowest BCUT2D eigenvalue weighted by molar-refractivity contribution is 0.262. The largest absolute Gasteiger partial charge is 0.323 e. The van der Waals surface area contributed by atoms with Crippen molar-refractivity contribution < 1.29 is 4.79 Å². The maximum Gasteiger partial charge on any atom is 0.323 e. The summed E-state index contributed by atoms with van der Waals surface area (Å²) in [5.41, 5.74) is 2.46. The minimum atomic E-state index is -0.466. The zero-order chi connectivity index (χ0) is 24.2. The predicted molar refractivity (Wildman–Crippen MR) is 141 cm³/mol. The van der Waals surface area contributed by atoms with Crippen LogP contribution in [-0.2, 0) is 7.05 Å². The van der Waals surface area contributed by atoms with Gasteiger partial charge in [0.25, 0.3) is 0 Å². The van der Waals surface area contributed by atoms with E-state index in [4.69, 9.17) is 46.4 Å². The summed E-state index contributed by atoms with van der Waals surface area (Å²) in [6, 6.07) is 17.0. The van der Waals surface area contributed by atoms with Crippen molar-refractivity contribution in [1.29, 1.82) is 0 Å². The number of urea groups is 1. The smallest absolute Gasteiger partial charge is 0.311 e. The molecule has 0 radical (unpaired) electrons. The molecule has 0 bridgehead atoms. The van der Waals surface area contributed by atoms with Crippen molar-refractivity contribution in [2.45, 2.75) is 0 Å². The van der Waals surface area contributed by atoms with Crippen LogP contribution in [0.1, 0.15) is 11.4 Å². The number of amides is 2. The van der Waals surface area contributed by atoms with Gasteiger partial charge < -0.3 is 15.2 Å². The molecule has 34 heavy (non-hydrogen) atoms. The van der Waals surface area contributed by atoms with Gasteiger partial charge in [0.1, 0.15) is 0 Å². The van der Waals surface area contributed by atoms with E-state index in [1.54, 1.807) is 60.7 Å². The summed E-state index contributed by atoms with van der Waals surface area (Å²) in [6.45, 7) is 0. The van der Waals surface area contributed by atoms with Crippen molar-refractivity contribution in [3.8, 4) is 11.4 Å². The van der Waals surface area contributed by atoms with E-state index in [2.05, 4.69) is 20.8 Å². The van der Waals surface area contributed by atoms with Crippen LogP contribution >= 0.6 is 46.4 Å². The van der Waals surface area contributed by atoms with Gasteiger partial charge in [-0.3, -0.25) is 0 Å². The number of rotatable bonds is 5. The number of benzene rings is 3. The Kier molecular flexibility index (Phi) is 7.44. The highest BCUT2D eigenvalue weighted by Crippen LogP contribution is 2.30. The number of carbonyl (C=O) groups is 1. The van der Waals surface area contributed by atoms with Crippen LogP contribution in [0.25, 0.3) is 23.5 Å². The number of hydrogen-bond donors (Lipinski definition) is 2. The van der Waals surface area contributed by atoms with Gasteiger partial charge in [0.15, 0.2) is 11.6 Å². The maximum absolute atomic E-state index is 12.3. The third kappa shape index (κ3) is 5.37. The molecule has 4 aromatic rings. The molecule has 3 aromatic carbocycles. The molecular formula is C24H17Cl4N5O. The second-order valence-electron chi connectivity index (χ2n) is 7.16. The molecule has 0 unspecified atom stereocenters. The van der Waals surface area contributed by atoms with Crippen molar-refractivity contribution in [3.05, 3.63) is 92.1 Å². The van der Waals surface area contributed by atoms with Crippen LogP contribution in [0.5, 0.6) is 0 Å². The predicted octanol–water partition coefficient (Wildman–Crippen LogP) is 7.91. The Morgan fingerprint density at radius 3 is 2.00 bits per heavy atom. The number of anilines is 2. The van der Waals surface area contributed by atoms with Crippen LogP contribution in [-0.4, -0.2) is 20.8 Å². The summed E-state index contributed by atoms with van der Waals surface area (Å²) in [6.07, 6.45) is 3.60. The molecule has 2 amide bonds. The van der Waals surface area contributed by atoms with Crippen molar-refractivity contribution in [2.75, 3.05) is 10.6 Å². The fourth-order valence-electron chi connectivity index (χ4n) is 3.16. The molecule has 172 valence electrons. The fraction of sp³-hybridized carbons (Fsp3) is 0.0417. The number of hydrogen-bond acceptors (Lipinski definition) is 3. The zero-order valence-electron chi connectivity index (χ0n) is 17.7. The highest BCUT2D eigenvalue weighted by atomic mass is 35.5. The van der Waals surface area contributed by atoms with E-state index >= 15 is 0 Å². The average Bonchev–Trinajstić information content (AvgIpc) is 3.17. The summed E-state index contributed by atoms with van der Waals surface area (Å²) in [7, 11) is 1.86. The Labute approximate surface area is 216 Å². The molecule has 6 nitrogen and oxygen atoms in total. The number of carbonyl (C=O) groups excluding carboxylic acids is 1. The molecule has 4 rings (SSSR count). The number of nitrogens with one attached hydrogen (secondary N) is 2. The number of aromatic nitrogens is 3. The van der Waals surface area contributed by atoms with Gasteiger partial charge in [-0.15, -0.1) is 10.2 Å². The zero-order valence-corrected chi connectivity index (χ0v) is 20.7. The van der Waals surface area contributed by atoms with E-state index in [0.29, 0.717) is 48.7 Å². The van der Waals surface area contributed by atoms with Crippen LogP contribution < -0.4 is 10.6 Å². The minimum Gasteiger partial charge on any atom is -0.311 e. The van der Waals surface area contributed by atoms with E-state index in [1.165, 1.54) is 0 Å². The van der Waals surface area contributed by atoms with Crippen molar-refractivity contribution in [3.63, 3.8) is 0 Å².